The van der Waals surface area contributed by atoms with Crippen molar-refractivity contribution < 1.29 is 9.53 Å². The van der Waals surface area contributed by atoms with E-state index in [-0.39, 0.29) is 0 Å². The molecule has 1 N–H and O–H groups in total. The summed E-state index contributed by atoms with van der Waals surface area (Å²) in [6.07, 6.45) is 2.77. The maximum absolute atomic E-state index is 10.7. The van der Waals surface area contributed by atoms with Crippen LogP contribution < -0.4 is 4.74 Å². The van der Waals surface area contributed by atoms with Gasteiger partial charge in [-0.05, 0) is 29.8 Å². The van der Waals surface area contributed by atoms with Gasteiger partial charge in [-0.15, -0.1) is 0 Å². The van der Waals surface area contributed by atoms with E-state index >= 15 is 0 Å². The second-order valence-electron chi connectivity index (χ2n) is 4.10. The van der Waals surface area contributed by atoms with Crippen LogP contribution in [0.4, 0.5) is 0 Å². The van der Waals surface area contributed by atoms with Crippen molar-refractivity contribution in [3.63, 3.8) is 0 Å². The van der Waals surface area contributed by atoms with Crippen LogP contribution in [0.1, 0.15) is 21.6 Å². The summed E-state index contributed by atoms with van der Waals surface area (Å²) in [5.41, 5.74) is 2.45. The van der Waals surface area contributed by atoms with Crippen LogP contribution in [0, 0.1) is 5.41 Å². The van der Waals surface area contributed by atoms with Gasteiger partial charge in [-0.3, -0.25) is 9.78 Å². The molecule has 19 heavy (non-hydrogen) atoms. The number of hydrogen-bond donors (Lipinski definition) is 1. The van der Waals surface area contributed by atoms with Crippen molar-refractivity contribution >= 4 is 12.0 Å². The highest BCUT2D eigenvalue weighted by atomic mass is 16.5. The van der Waals surface area contributed by atoms with E-state index in [1.165, 1.54) is 0 Å². The Balaban J connectivity index is 2.13. The maximum atomic E-state index is 10.7. The monoisotopic (exact) mass is 254 g/mol. The van der Waals surface area contributed by atoms with Crippen LogP contribution in [0.15, 0.2) is 42.6 Å². The number of nitrogens with one attached hydrogen (secondary N) is 1. The molecule has 96 valence electrons. The number of aromatic nitrogens is 1. The predicted octanol–water partition coefficient (Wildman–Crippen LogP) is 2.51. The molecular weight excluding hydrogens is 240 g/mol. The fourth-order valence-corrected chi connectivity index (χ4v) is 1.72. The van der Waals surface area contributed by atoms with E-state index in [0.717, 1.165) is 17.6 Å². The van der Waals surface area contributed by atoms with E-state index in [9.17, 15) is 4.79 Å². The molecule has 0 unspecified atom stereocenters. The molecule has 0 bridgehead atoms. The summed E-state index contributed by atoms with van der Waals surface area (Å²) in [5.74, 6) is 0.788. The minimum atomic E-state index is 0.383. The van der Waals surface area contributed by atoms with Crippen LogP contribution in [0.25, 0.3) is 0 Å². The SMILES string of the molecule is COc1ccc(CC(=N)c2cc(C=O)ccn2)cc1. The number of benzene rings is 1. The van der Waals surface area contributed by atoms with Crippen molar-refractivity contribution in [1.82, 2.24) is 4.98 Å². The Labute approximate surface area is 111 Å². The molecule has 2 aromatic rings. The van der Waals surface area contributed by atoms with Crippen molar-refractivity contribution in [1.29, 1.82) is 5.41 Å². The molecule has 1 aromatic carbocycles. The Morgan fingerprint density at radius 2 is 2.05 bits per heavy atom. The molecule has 0 spiro atoms. The third-order valence-corrected chi connectivity index (χ3v) is 2.77. The number of aldehydes is 1. The van der Waals surface area contributed by atoms with Crippen molar-refractivity contribution in [2.75, 3.05) is 7.11 Å². The Morgan fingerprint density at radius 1 is 1.32 bits per heavy atom. The largest absolute Gasteiger partial charge is 0.497 e. The van der Waals surface area contributed by atoms with Gasteiger partial charge in [0.05, 0.1) is 18.5 Å². The average Bonchev–Trinajstić information content (AvgIpc) is 2.48. The molecule has 1 aromatic heterocycles. The molecule has 0 atom stereocenters. The topological polar surface area (TPSA) is 63.0 Å². The first kappa shape index (κ1) is 13.0. The summed E-state index contributed by atoms with van der Waals surface area (Å²) in [5, 5.41) is 8.03. The fraction of sp³-hybridized carbons (Fsp3) is 0.133. The molecule has 0 aliphatic carbocycles. The molecular formula is C15H14N2O2. The molecule has 0 aliphatic rings. The summed E-state index contributed by atoms with van der Waals surface area (Å²) in [4.78, 5) is 14.8. The average molecular weight is 254 g/mol. The smallest absolute Gasteiger partial charge is 0.150 e. The second kappa shape index (κ2) is 5.91. The lowest BCUT2D eigenvalue weighted by molar-refractivity contribution is 0.112. The van der Waals surface area contributed by atoms with Gasteiger partial charge in [0.2, 0.25) is 0 Å². The van der Waals surface area contributed by atoms with Gasteiger partial charge in [-0.2, -0.15) is 0 Å². The molecule has 2 rings (SSSR count). The number of ether oxygens (including phenoxy) is 1. The van der Waals surface area contributed by atoms with E-state index in [2.05, 4.69) is 4.98 Å². The van der Waals surface area contributed by atoms with Crippen molar-refractivity contribution in [3.8, 4) is 5.75 Å². The molecule has 0 saturated carbocycles. The summed E-state index contributed by atoms with van der Waals surface area (Å²) in [6, 6.07) is 10.8. The molecule has 1 heterocycles. The van der Waals surface area contributed by atoms with Crippen molar-refractivity contribution in [2.45, 2.75) is 6.42 Å². The normalized spacial score (nSPS) is 9.95. The van der Waals surface area contributed by atoms with Gasteiger partial charge in [0.25, 0.3) is 0 Å². The zero-order chi connectivity index (χ0) is 13.7. The first-order valence-corrected chi connectivity index (χ1v) is 5.85. The van der Waals surface area contributed by atoms with E-state index in [1.807, 2.05) is 24.3 Å². The van der Waals surface area contributed by atoms with Gasteiger partial charge in [0.15, 0.2) is 0 Å². The lowest BCUT2D eigenvalue weighted by Gasteiger charge is -2.05. The molecule has 4 heteroatoms. The highest BCUT2D eigenvalue weighted by Gasteiger charge is 2.05. The zero-order valence-corrected chi connectivity index (χ0v) is 10.6. The van der Waals surface area contributed by atoms with Crippen LogP contribution in [-0.2, 0) is 6.42 Å². The molecule has 0 radical (unpaired) electrons. The molecule has 4 nitrogen and oxygen atoms in total. The number of pyridine rings is 1. The fourth-order valence-electron chi connectivity index (χ4n) is 1.72. The van der Waals surface area contributed by atoms with Crippen LogP contribution in [0.5, 0.6) is 5.75 Å². The highest BCUT2D eigenvalue weighted by molar-refractivity contribution is 5.98. The number of carbonyl (C=O) groups excluding carboxylic acids is 1. The number of nitrogens with zero attached hydrogens (tertiary/aromatic N) is 1. The third-order valence-electron chi connectivity index (χ3n) is 2.77. The van der Waals surface area contributed by atoms with Crippen LogP contribution in [-0.4, -0.2) is 24.1 Å². The summed E-state index contributed by atoms with van der Waals surface area (Å²) in [6.45, 7) is 0. The van der Waals surface area contributed by atoms with Crippen molar-refractivity contribution in [2.24, 2.45) is 0 Å². The van der Waals surface area contributed by atoms with Gasteiger partial charge in [-0.1, -0.05) is 12.1 Å². The van der Waals surface area contributed by atoms with Crippen LogP contribution >= 0.6 is 0 Å². The lowest BCUT2D eigenvalue weighted by atomic mass is 10.0. The van der Waals surface area contributed by atoms with Gasteiger partial charge in [0.1, 0.15) is 12.0 Å². The quantitative estimate of drug-likeness (QED) is 0.658. The van der Waals surface area contributed by atoms with Crippen molar-refractivity contribution in [3.05, 3.63) is 59.4 Å². The molecule has 0 aliphatic heterocycles. The molecule has 0 amide bonds. The first-order chi connectivity index (χ1) is 9.22. The zero-order valence-electron chi connectivity index (χ0n) is 10.6. The number of hydrogen-bond acceptors (Lipinski definition) is 4. The van der Waals surface area contributed by atoms with Gasteiger partial charge >= 0.3 is 0 Å². The lowest BCUT2D eigenvalue weighted by Crippen LogP contribution is -2.06. The van der Waals surface area contributed by atoms with E-state index in [0.29, 0.717) is 23.4 Å². The summed E-state index contributed by atoms with van der Waals surface area (Å²) >= 11 is 0. The second-order valence-corrected chi connectivity index (χ2v) is 4.10. The standard InChI is InChI=1S/C15H14N2O2/c1-19-13-4-2-11(3-5-13)8-14(16)15-9-12(10-18)6-7-17-15/h2-7,9-10,16H,8H2,1H3. The van der Waals surface area contributed by atoms with Crippen LogP contribution in [0.2, 0.25) is 0 Å². The Morgan fingerprint density at radius 3 is 2.68 bits per heavy atom. The first-order valence-electron chi connectivity index (χ1n) is 5.85. The third kappa shape index (κ3) is 3.25. The maximum Gasteiger partial charge on any atom is 0.150 e. The van der Waals surface area contributed by atoms with E-state index in [4.69, 9.17) is 10.1 Å². The number of methoxy groups -OCH3 is 1. The molecule has 0 saturated heterocycles. The Hall–Kier alpha value is -2.49. The highest BCUT2D eigenvalue weighted by Crippen LogP contribution is 2.13. The molecule has 0 fully saturated rings. The van der Waals surface area contributed by atoms with Gasteiger partial charge in [-0.25, -0.2) is 0 Å². The number of rotatable bonds is 5. The van der Waals surface area contributed by atoms with Crippen LogP contribution in [0.3, 0.4) is 0 Å². The minimum absolute atomic E-state index is 0.383. The summed E-state index contributed by atoms with van der Waals surface area (Å²) < 4.78 is 5.08. The van der Waals surface area contributed by atoms with E-state index in [1.54, 1.807) is 25.4 Å². The van der Waals surface area contributed by atoms with Gasteiger partial charge in [0, 0.05) is 18.2 Å². The predicted molar refractivity (Wildman–Crippen MR) is 73.2 cm³/mol. The minimum Gasteiger partial charge on any atom is -0.497 e. The van der Waals surface area contributed by atoms with E-state index < -0.39 is 0 Å². The Bertz CT molecular complexity index is 591. The number of carbonyl (C=O) groups is 1. The van der Waals surface area contributed by atoms with Gasteiger partial charge < -0.3 is 10.1 Å². The Kier molecular flexibility index (Phi) is 4.03. The summed E-state index contributed by atoms with van der Waals surface area (Å²) in [7, 11) is 1.62.